The molecule has 0 amide bonds. The monoisotopic (exact) mass is 167 g/mol. The van der Waals surface area contributed by atoms with Crippen molar-refractivity contribution in [2.75, 3.05) is 13.2 Å². The first kappa shape index (κ1) is 12.1. The number of halogens is 1. The highest BCUT2D eigenvalue weighted by molar-refractivity contribution is 6.35. The molecule has 0 saturated heterocycles. The van der Waals surface area contributed by atoms with Gasteiger partial charge in [0, 0.05) is 0 Å². The first-order chi connectivity index (χ1) is 4.22. The number of ether oxygens (including phenoxy) is 1. The van der Waals surface area contributed by atoms with Crippen molar-refractivity contribution in [2.45, 2.75) is 6.92 Å². The minimum atomic E-state index is -0.750. The van der Waals surface area contributed by atoms with E-state index < -0.39 is 18.3 Å². The van der Waals surface area contributed by atoms with E-state index in [2.05, 4.69) is 4.74 Å². The molecule has 0 aromatic heterocycles. The van der Waals surface area contributed by atoms with Gasteiger partial charge < -0.3 is 9.84 Å². The maximum absolute atomic E-state index is 10.4. The van der Waals surface area contributed by atoms with Gasteiger partial charge in [-0.2, -0.15) is 0 Å². The molecule has 5 heteroatoms. The fourth-order valence-corrected chi connectivity index (χ4v) is 0.283. The summed E-state index contributed by atoms with van der Waals surface area (Å²) >= 11 is 0. The summed E-state index contributed by atoms with van der Waals surface area (Å²) in [6.07, 6.45) is 0. The zero-order chi connectivity index (χ0) is 7.28. The maximum Gasteiger partial charge on any atom is 0.354 e. The Morgan fingerprint density at radius 2 is 2.20 bits per heavy atom. The normalized spacial score (nSPS) is 7.80. The third kappa shape index (κ3) is 4.29. The van der Waals surface area contributed by atoms with Gasteiger partial charge in [-0.1, -0.05) is 0 Å². The molecule has 0 radical (unpaired) electrons. The fourth-order valence-electron chi connectivity index (χ4n) is 0.283. The molecule has 2 N–H and O–H groups in total. The Morgan fingerprint density at radius 1 is 1.70 bits per heavy atom. The van der Waals surface area contributed by atoms with Crippen molar-refractivity contribution in [2.24, 2.45) is 0 Å². The fraction of sp³-hybridized carbons (Fsp3) is 0.600. The molecule has 0 aromatic rings. The summed E-state index contributed by atoms with van der Waals surface area (Å²) < 4.78 is 4.37. The molecule has 0 aliphatic rings. The van der Waals surface area contributed by atoms with Gasteiger partial charge in [-0.25, -0.2) is 4.79 Å². The van der Waals surface area contributed by atoms with Gasteiger partial charge in [-0.3, -0.25) is 5.41 Å². The highest BCUT2D eigenvalue weighted by Gasteiger charge is 2.06. The molecule has 0 spiro atoms. The van der Waals surface area contributed by atoms with Crippen LogP contribution in [0.25, 0.3) is 0 Å². The van der Waals surface area contributed by atoms with Crippen LogP contribution < -0.4 is 0 Å². The molecular weight excluding hydrogens is 158 g/mol. The van der Waals surface area contributed by atoms with Crippen LogP contribution in [0, 0.1) is 5.41 Å². The van der Waals surface area contributed by atoms with Gasteiger partial charge in [-0.05, 0) is 6.92 Å². The van der Waals surface area contributed by atoms with Crippen LogP contribution in [0.15, 0.2) is 0 Å². The molecule has 0 heterocycles. The summed E-state index contributed by atoms with van der Waals surface area (Å²) in [6, 6.07) is 0. The first-order valence-electron chi connectivity index (χ1n) is 2.57. The van der Waals surface area contributed by atoms with E-state index in [1.54, 1.807) is 6.92 Å². The standard InChI is InChI=1S/C5H9NO3.ClH/c1-2-9-5(8)4(6)3-7;/h6-7H,2-3H2,1H3;1H. The Kier molecular flexibility index (Phi) is 7.88. The van der Waals surface area contributed by atoms with Crippen molar-refractivity contribution in [3.63, 3.8) is 0 Å². The van der Waals surface area contributed by atoms with Gasteiger partial charge in [0.15, 0.2) is 0 Å². The van der Waals surface area contributed by atoms with Crippen molar-refractivity contribution < 1.29 is 14.6 Å². The van der Waals surface area contributed by atoms with Gasteiger partial charge in [0.25, 0.3) is 0 Å². The third-order valence-corrected chi connectivity index (χ3v) is 0.680. The zero-order valence-corrected chi connectivity index (χ0v) is 6.40. The molecule has 60 valence electrons. The van der Waals surface area contributed by atoms with Crippen LogP contribution in [0.5, 0.6) is 0 Å². The second-order valence-electron chi connectivity index (χ2n) is 1.36. The summed E-state index contributed by atoms with van der Waals surface area (Å²) in [7, 11) is 0. The Balaban J connectivity index is 0. The topological polar surface area (TPSA) is 70.4 Å². The van der Waals surface area contributed by atoms with E-state index in [4.69, 9.17) is 10.5 Å². The van der Waals surface area contributed by atoms with Crippen LogP contribution in [0.1, 0.15) is 6.92 Å². The summed E-state index contributed by atoms with van der Waals surface area (Å²) in [5, 5.41) is 14.9. The number of rotatable bonds is 3. The number of esters is 1. The first-order valence-corrected chi connectivity index (χ1v) is 2.57. The van der Waals surface area contributed by atoms with Crippen LogP contribution in [0.2, 0.25) is 0 Å². The minimum Gasteiger partial charge on any atom is -0.461 e. The summed E-state index contributed by atoms with van der Waals surface area (Å²) in [5.74, 6) is -0.750. The molecule has 0 saturated carbocycles. The summed E-state index contributed by atoms with van der Waals surface area (Å²) in [4.78, 5) is 10.4. The van der Waals surface area contributed by atoms with Crippen LogP contribution in [-0.4, -0.2) is 30.0 Å². The zero-order valence-electron chi connectivity index (χ0n) is 5.59. The number of hydrogen-bond donors (Lipinski definition) is 2. The lowest BCUT2D eigenvalue weighted by molar-refractivity contribution is -0.135. The molecule has 0 fully saturated rings. The Bertz CT molecular complexity index is 126. The number of carbonyl (C=O) groups excluding carboxylic acids is 1. The van der Waals surface area contributed by atoms with Crippen LogP contribution >= 0.6 is 12.4 Å². The van der Waals surface area contributed by atoms with Gasteiger partial charge >= 0.3 is 5.97 Å². The Morgan fingerprint density at radius 3 is 2.50 bits per heavy atom. The SMILES string of the molecule is CCOC(=O)C(=N)CO.Cl. The van der Waals surface area contributed by atoms with Crippen LogP contribution in [-0.2, 0) is 9.53 Å². The van der Waals surface area contributed by atoms with E-state index in [9.17, 15) is 4.79 Å². The second-order valence-corrected chi connectivity index (χ2v) is 1.36. The van der Waals surface area contributed by atoms with Gasteiger partial charge in [-0.15, -0.1) is 12.4 Å². The predicted molar refractivity (Wildman–Crippen MR) is 38.7 cm³/mol. The van der Waals surface area contributed by atoms with Crippen LogP contribution in [0.4, 0.5) is 0 Å². The Hall–Kier alpha value is -0.610. The molecule has 0 bridgehead atoms. The quantitative estimate of drug-likeness (QED) is 0.459. The molecule has 0 aliphatic heterocycles. The number of aliphatic hydroxyl groups is 1. The second kappa shape index (κ2) is 6.51. The van der Waals surface area contributed by atoms with Gasteiger partial charge in [0.1, 0.15) is 5.71 Å². The van der Waals surface area contributed by atoms with E-state index in [0.29, 0.717) is 0 Å². The highest BCUT2D eigenvalue weighted by Crippen LogP contribution is 1.79. The third-order valence-electron chi connectivity index (χ3n) is 0.680. The van der Waals surface area contributed by atoms with Crippen molar-refractivity contribution in [1.82, 2.24) is 0 Å². The summed E-state index contributed by atoms with van der Waals surface area (Å²) in [6.45, 7) is 1.32. The number of aliphatic hydroxyl groups excluding tert-OH is 1. The van der Waals surface area contributed by atoms with Crippen molar-refractivity contribution in [1.29, 1.82) is 5.41 Å². The molecule has 4 nitrogen and oxygen atoms in total. The van der Waals surface area contributed by atoms with E-state index >= 15 is 0 Å². The predicted octanol–water partition coefficient (Wildman–Crippen LogP) is -0.0166. The van der Waals surface area contributed by atoms with Gasteiger partial charge in [0.05, 0.1) is 13.2 Å². The smallest absolute Gasteiger partial charge is 0.354 e. The highest BCUT2D eigenvalue weighted by atomic mass is 35.5. The van der Waals surface area contributed by atoms with Crippen LogP contribution in [0.3, 0.4) is 0 Å². The average molecular weight is 168 g/mol. The van der Waals surface area contributed by atoms with E-state index in [-0.39, 0.29) is 19.0 Å². The lowest BCUT2D eigenvalue weighted by Crippen LogP contribution is -2.19. The average Bonchev–Trinajstić information content (AvgIpc) is 1.87. The van der Waals surface area contributed by atoms with Crippen molar-refractivity contribution >= 4 is 24.1 Å². The van der Waals surface area contributed by atoms with Crippen molar-refractivity contribution in [3.8, 4) is 0 Å². The molecule has 0 rings (SSSR count). The van der Waals surface area contributed by atoms with E-state index in [0.717, 1.165) is 0 Å². The lowest BCUT2D eigenvalue weighted by atomic mass is 10.4. The van der Waals surface area contributed by atoms with Gasteiger partial charge in [0.2, 0.25) is 0 Å². The minimum absolute atomic E-state index is 0. The molecule has 0 unspecified atom stereocenters. The van der Waals surface area contributed by atoms with E-state index in [1.807, 2.05) is 0 Å². The number of carbonyl (C=O) groups is 1. The number of hydrogen-bond acceptors (Lipinski definition) is 4. The maximum atomic E-state index is 10.4. The molecule has 0 atom stereocenters. The molecular formula is C5H10ClNO3. The largest absolute Gasteiger partial charge is 0.461 e. The summed E-state index contributed by atoms with van der Waals surface area (Å²) in [5.41, 5.74) is -0.406. The molecule has 10 heavy (non-hydrogen) atoms. The molecule has 0 aliphatic carbocycles. The molecule has 0 aromatic carbocycles. The van der Waals surface area contributed by atoms with Crippen molar-refractivity contribution in [3.05, 3.63) is 0 Å². The van der Waals surface area contributed by atoms with E-state index in [1.165, 1.54) is 0 Å². The Labute approximate surface area is 65.1 Å². The lowest BCUT2D eigenvalue weighted by Gasteiger charge is -1.97. The number of nitrogens with one attached hydrogen (secondary N) is 1.